The first kappa shape index (κ1) is 19.6. The molecule has 3 aromatic rings. The van der Waals surface area contributed by atoms with Crippen molar-refractivity contribution in [3.63, 3.8) is 0 Å². The van der Waals surface area contributed by atoms with Crippen LogP contribution in [0.5, 0.6) is 0 Å². The Kier molecular flexibility index (Phi) is 6.18. The van der Waals surface area contributed by atoms with Gasteiger partial charge < -0.3 is 10.2 Å². The summed E-state index contributed by atoms with van der Waals surface area (Å²) in [6, 6.07) is 20.3. The highest BCUT2D eigenvalue weighted by Crippen LogP contribution is 2.24. The Bertz CT molecular complexity index is 1120. The van der Waals surface area contributed by atoms with E-state index in [1.54, 1.807) is 25.1 Å². The Hall–Kier alpha value is -4.18. The first-order chi connectivity index (χ1) is 14.1. The molecule has 0 spiro atoms. The fourth-order valence-corrected chi connectivity index (χ4v) is 2.71. The Morgan fingerprint density at radius 1 is 1.14 bits per heavy atom. The summed E-state index contributed by atoms with van der Waals surface area (Å²) < 4.78 is 4.77. The zero-order valence-corrected chi connectivity index (χ0v) is 15.7. The second-order valence-electron chi connectivity index (χ2n) is 5.93. The minimum Gasteiger partial charge on any atom is -0.462 e. The number of carbonyl (C=O) groups excluding carboxylic acids is 2. The van der Waals surface area contributed by atoms with Crippen molar-refractivity contribution in [3.05, 3.63) is 78.0 Å². The zero-order chi connectivity index (χ0) is 20.6. The third kappa shape index (κ3) is 4.57. The summed E-state index contributed by atoms with van der Waals surface area (Å²) >= 11 is 0. The summed E-state index contributed by atoms with van der Waals surface area (Å²) in [7, 11) is 0. The van der Waals surface area contributed by atoms with E-state index in [1.165, 1.54) is 0 Å². The van der Waals surface area contributed by atoms with Gasteiger partial charge in [-0.1, -0.05) is 48.5 Å². The number of aromatic nitrogens is 1. The van der Waals surface area contributed by atoms with Gasteiger partial charge in [-0.05, 0) is 19.1 Å². The second-order valence-corrected chi connectivity index (χ2v) is 5.93. The van der Waals surface area contributed by atoms with Gasteiger partial charge in [0.15, 0.2) is 5.57 Å². The quantitative estimate of drug-likeness (QED) is 0.292. The van der Waals surface area contributed by atoms with Crippen LogP contribution in [0.1, 0.15) is 17.3 Å². The molecule has 2 aromatic carbocycles. The molecule has 1 heterocycles. The van der Waals surface area contributed by atoms with Gasteiger partial charge in [0.1, 0.15) is 6.07 Å². The molecule has 0 aliphatic heterocycles. The number of pyridine rings is 1. The van der Waals surface area contributed by atoms with Crippen molar-refractivity contribution < 1.29 is 14.3 Å². The lowest BCUT2D eigenvalue weighted by Gasteiger charge is -2.10. The van der Waals surface area contributed by atoms with E-state index in [0.717, 1.165) is 11.8 Å². The maximum absolute atomic E-state index is 12.8. The summed E-state index contributed by atoms with van der Waals surface area (Å²) in [5.41, 5.74) is 7.35. The molecule has 0 aliphatic carbocycles. The van der Waals surface area contributed by atoms with Crippen LogP contribution in [-0.2, 0) is 9.53 Å². The molecular formula is C22H18N4O3. The fourth-order valence-electron chi connectivity index (χ4n) is 2.71. The highest BCUT2D eigenvalue weighted by molar-refractivity contribution is 6.07. The maximum Gasteiger partial charge on any atom is 0.350 e. The number of nitrogens with zero attached hydrogens (tertiary/aromatic N) is 2. The van der Waals surface area contributed by atoms with Gasteiger partial charge in [-0.25, -0.2) is 9.78 Å². The van der Waals surface area contributed by atoms with E-state index in [4.69, 9.17) is 10.00 Å². The van der Waals surface area contributed by atoms with Gasteiger partial charge in [0.25, 0.3) is 5.91 Å². The molecule has 0 saturated heterocycles. The predicted molar refractivity (Wildman–Crippen MR) is 108 cm³/mol. The van der Waals surface area contributed by atoms with Gasteiger partial charge in [0, 0.05) is 17.1 Å². The molecule has 1 amide bonds. The number of nitrogens with one attached hydrogen (secondary N) is 2. The first-order valence-electron chi connectivity index (χ1n) is 8.92. The lowest BCUT2D eigenvalue weighted by molar-refractivity contribution is -0.138. The molecule has 0 saturated carbocycles. The van der Waals surface area contributed by atoms with Crippen LogP contribution in [0, 0.1) is 11.3 Å². The van der Waals surface area contributed by atoms with Crippen LogP contribution in [0.15, 0.2) is 72.4 Å². The molecule has 0 fully saturated rings. The van der Waals surface area contributed by atoms with Crippen LogP contribution in [0.25, 0.3) is 22.2 Å². The number of benzene rings is 2. The molecule has 3 rings (SSSR count). The van der Waals surface area contributed by atoms with Crippen molar-refractivity contribution in [2.75, 3.05) is 6.61 Å². The molecule has 29 heavy (non-hydrogen) atoms. The lowest BCUT2D eigenvalue weighted by Crippen LogP contribution is -2.34. The summed E-state index contributed by atoms with van der Waals surface area (Å²) in [6.45, 7) is 1.79. The average molecular weight is 386 g/mol. The fraction of sp³-hybridized carbons (Fsp3) is 0.0909. The van der Waals surface area contributed by atoms with Crippen molar-refractivity contribution in [3.8, 4) is 17.3 Å². The van der Waals surface area contributed by atoms with Gasteiger partial charge >= 0.3 is 5.97 Å². The number of hydrogen-bond acceptors (Lipinski definition) is 6. The van der Waals surface area contributed by atoms with Crippen molar-refractivity contribution in [2.45, 2.75) is 6.92 Å². The highest BCUT2D eigenvalue weighted by Gasteiger charge is 2.14. The minimum atomic E-state index is -0.766. The minimum absolute atomic E-state index is 0.148. The van der Waals surface area contributed by atoms with E-state index >= 15 is 0 Å². The monoisotopic (exact) mass is 386 g/mol. The van der Waals surface area contributed by atoms with Crippen LogP contribution >= 0.6 is 0 Å². The number of carbonyl (C=O) groups is 2. The Balaban J connectivity index is 1.89. The zero-order valence-electron chi connectivity index (χ0n) is 15.7. The van der Waals surface area contributed by atoms with E-state index in [9.17, 15) is 9.59 Å². The van der Waals surface area contributed by atoms with Crippen LogP contribution in [0.4, 0.5) is 0 Å². The van der Waals surface area contributed by atoms with Gasteiger partial charge in [-0.3, -0.25) is 10.2 Å². The molecule has 0 unspecified atom stereocenters. The van der Waals surface area contributed by atoms with Crippen molar-refractivity contribution in [2.24, 2.45) is 0 Å². The average Bonchev–Trinajstić information content (AvgIpc) is 2.76. The SMILES string of the molecule is CCOC(=O)/C(C#N)=C/NNC(=O)c1cc(-c2ccccc2)nc2ccccc12. The van der Waals surface area contributed by atoms with Crippen molar-refractivity contribution in [1.82, 2.24) is 15.8 Å². The largest absolute Gasteiger partial charge is 0.462 e. The third-order valence-electron chi connectivity index (χ3n) is 4.05. The number of hydrazine groups is 1. The number of esters is 1. The van der Waals surface area contributed by atoms with Crippen LogP contribution in [-0.4, -0.2) is 23.5 Å². The van der Waals surface area contributed by atoms with E-state index in [-0.39, 0.29) is 12.2 Å². The molecule has 7 heteroatoms. The van der Waals surface area contributed by atoms with Crippen molar-refractivity contribution in [1.29, 1.82) is 5.26 Å². The molecule has 0 atom stereocenters. The highest BCUT2D eigenvalue weighted by atomic mass is 16.5. The molecule has 0 radical (unpaired) electrons. The van der Waals surface area contributed by atoms with Crippen LogP contribution in [0.3, 0.4) is 0 Å². The summed E-state index contributed by atoms with van der Waals surface area (Å²) in [6.07, 6.45) is 1.09. The molecule has 2 N–H and O–H groups in total. The van der Waals surface area contributed by atoms with Gasteiger partial charge in [-0.2, -0.15) is 5.26 Å². The number of amides is 1. The number of para-hydroxylation sites is 1. The summed E-state index contributed by atoms with van der Waals surface area (Å²) in [4.78, 5) is 29.0. The van der Waals surface area contributed by atoms with Crippen LogP contribution in [0.2, 0.25) is 0 Å². The van der Waals surface area contributed by atoms with E-state index in [1.807, 2.05) is 48.5 Å². The first-order valence-corrected chi connectivity index (χ1v) is 8.92. The number of rotatable bonds is 6. The number of ether oxygens (including phenoxy) is 1. The number of fused-ring (bicyclic) bond motifs is 1. The van der Waals surface area contributed by atoms with Gasteiger partial charge in [-0.15, -0.1) is 0 Å². The maximum atomic E-state index is 12.8. The lowest BCUT2D eigenvalue weighted by atomic mass is 10.0. The Morgan fingerprint density at radius 2 is 1.86 bits per heavy atom. The molecule has 0 bridgehead atoms. The number of nitriles is 1. The van der Waals surface area contributed by atoms with E-state index < -0.39 is 11.9 Å². The Labute approximate surface area is 167 Å². The predicted octanol–water partition coefficient (Wildman–Crippen LogP) is 3.11. The summed E-state index contributed by atoms with van der Waals surface area (Å²) in [5.74, 6) is -1.20. The molecular weight excluding hydrogens is 368 g/mol. The smallest absolute Gasteiger partial charge is 0.350 e. The Morgan fingerprint density at radius 3 is 2.59 bits per heavy atom. The van der Waals surface area contributed by atoms with Gasteiger partial charge in [0.2, 0.25) is 0 Å². The normalized spacial score (nSPS) is 10.8. The topological polar surface area (TPSA) is 104 Å². The van der Waals surface area contributed by atoms with Gasteiger partial charge in [0.05, 0.1) is 23.4 Å². The van der Waals surface area contributed by atoms with E-state index in [0.29, 0.717) is 22.2 Å². The number of hydrogen-bond donors (Lipinski definition) is 2. The summed E-state index contributed by atoms with van der Waals surface area (Å²) in [5, 5.41) is 9.71. The standard InChI is InChI=1S/C22H18N4O3/c1-2-29-22(28)16(13-23)14-24-26-21(27)18-12-20(15-8-4-3-5-9-15)25-19-11-7-6-10-17(18)19/h3-12,14,24H,2H2,1H3,(H,26,27)/b16-14+. The van der Waals surface area contributed by atoms with Crippen molar-refractivity contribution >= 4 is 22.8 Å². The third-order valence-corrected chi connectivity index (χ3v) is 4.05. The van der Waals surface area contributed by atoms with E-state index in [2.05, 4.69) is 15.8 Å². The molecule has 0 aliphatic rings. The van der Waals surface area contributed by atoms with Crippen LogP contribution < -0.4 is 10.9 Å². The second kappa shape index (κ2) is 9.15. The molecule has 7 nitrogen and oxygen atoms in total. The molecule has 1 aromatic heterocycles. The molecule has 144 valence electrons.